The quantitative estimate of drug-likeness (QED) is 0.655. The molecule has 1 aliphatic carbocycles. The molecule has 0 aromatic heterocycles. The highest BCUT2D eigenvalue weighted by Crippen LogP contribution is 2.42. The number of rotatable bonds is 8. The fourth-order valence-electron chi connectivity index (χ4n) is 4.18. The first kappa shape index (κ1) is 21.3. The van der Waals surface area contributed by atoms with Gasteiger partial charge in [0.15, 0.2) is 0 Å². The van der Waals surface area contributed by atoms with E-state index in [-0.39, 0.29) is 11.5 Å². The minimum absolute atomic E-state index is 0.0907. The molecule has 4 nitrogen and oxygen atoms in total. The lowest BCUT2D eigenvalue weighted by Gasteiger charge is -2.32. The molecule has 2 fully saturated rings. The predicted molar refractivity (Wildman–Crippen MR) is 115 cm³/mol. The molecular weight excluding hydrogens is 348 g/mol. The van der Waals surface area contributed by atoms with Gasteiger partial charge in [-0.15, -0.1) is 0 Å². The maximum absolute atomic E-state index is 12.7. The zero-order valence-electron chi connectivity index (χ0n) is 18.0. The Hall–Kier alpha value is -1.39. The molecule has 1 heterocycles. The Bertz CT molecular complexity index is 612. The van der Waals surface area contributed by atoms with Crippen molar-refractivity contribution < 1.29 is 9.53 Å². The minimum atomic E-state index is -0.105. The second-order valence-corrected chi connectivity index (χ2v) is 9.26. The van der Waals surface area contributed by atoms with Gasteiger partial charge in [-0.2, -0.15) is 0 Å². The standard InChI is InChI=1S/C24H38N2O2/c1-20(2)12-17-26-16-8-7-11-22(13-18-26)28-24(14-15-24)19-25(3)23(27)21-9-5-4-6-10-21/h4-6,9-10,20,22H,7-8,11-19H2,1-3H3/t22-/m1/s1. The third-order valence-electron chi connectivity index (χ3n) is 6.16. The molecule has 156 valence electrons. The fourth-order valence-corrected chi connectivity index (χ4v) is 4.18. The third kappa shape index (κ3) is 6.31. The molecule has 3 rings (SSSR count). The summed E-state index contributed by atoms with van der Waals surface area (Å²) in [4.78, 5) is 17.1. The number of likely N-dealkylation sites (tertiary alicyclic amines) is 1. The Morgan fingerprint density at radius 2 is 1.93 bits per heavy atom. The normalized spacial score (nSPS) is 22.5. The predicted octanol–water partition coefficient (Wildman–Crippen LogP) is 4.60. The van der Waals surface area contributed by atoms with E-state index in [1.807, 2.05) is 42.3 Å². The van der Waals surface area contributed by atoms with Crippen molar-refractivity contribution in [3.8, 4) is 0 Å². The van der Waals surface area contributed by atoms with Crippen molar-refractivity contribution in [2.75, 3.05) is 33.2 Å². The van der Waals surface area contributed by atoms with E-state index in [1.165, 1.54) is 32.4 Å². The molecule has 28 heavy (non-hydrogen) atoms. The Balaban J connectivity index is 1.50. The van der Waals surface area contributed by atoms with E-state index < -0.39 is 0 Å². The lowest BCUT2D eigenvalue weighted by molar-refractivity contribution is -0.0548. The Labute approximate surface area is 171 Å². The van der Waals surface area contributed by atoms with E-state index in [1.54, 1.807) is 0 Å². The second kappa shape index (κ2) is 9.89. The van der Waals surface area contributed by atoms with Crippen LogP contribution in [0, 0.1) is 5.92 Å². The van der Waals surface area contributed by atoms with Gasteiger partial charge in [0.25, 0.3) is 5.91 Å². The average molecular weight is 387 g/mol. The molecule has 0 bridgehead atoms. The number of likely N-dealkylation sites (N-methyl/N-ethyl adjacent to an activating group) is 1. The highest BCUT2D eigenvalue weighted by atomic mass is 16.5. The van der Waals surface area contributed by atoms with Gasteiger partial charge in [-0.1, -0.05) is 32.0 Å². The highest BCUT2D eigenvalue weighted by Gasteiger charge is 2.47. The molecule has 0 unspecified atom stereocenters. The zero-order chi connectivity index (χ0) is 20.0. The molecule has 0 N–H and O–H groups in total. The summed E-state index contributed by atoms with van der Waals surface area (Å²) >= 11 is 0. The first-order chi connectivity index (χ1) is 13.5. The van der Waals surface area contributed by atoms with Crippen LogP contribution in [-0.2, 0) is 4.74 Å². The van der Waals surface area contributed by atoms with Gasteiger partial charge in [-0.05, 0) is 76.1 Å². The number of carbonyl (C=O) groups excluding carboxylic acids is 1. The summed E-state index contributed by atoms with van der Waals surface area (Å²) in [6.07, 6.45) is 8.58. The van der Waals surface area contributed by atoms with Crippen LogP contribution in [0.5, 0.6) is 0 Å². The maximum Gasteiger partial charge on any atom is 0.253 e. The summed E-state index contributed by atoms with van der Waals surface area (Å²) < 4.78 is 6.64. The summed E-state index contributed by atoms with van der Waals surface area (Å²) in [5.74, 6) is 0.859. The number of carbonyl (C=O) groups is 1. The van der Waals surface area contributed by atoms with Gasteiger partial charge in [0.05, 0.1) is 11.7 Å². The zero-order valence-corrected chi connectivity index (χ0v) is 18.0. The molecule has 0 spiro atoms. The van der Waals surface area contributed by atoms with Gasteiger partial charge in [0.2, 0.25) is 0 Å². The second-order valence-electron chi connectivity index (χ2n) is 9.26. The summed E-state index contributed by atoms with van der Waals surface area (Å²) in [5, 5.41) is 0. The average Bonchev–Trinajstić information content (AvgIpc) is 3.42. The van der Waals surface area contributed by atoms with Gasteiger partial charge in [0.1, 0.15) is 0 Å². The van der Waals surface area contributed by atoms with E-state index >= 15 is 0 Å². The van der Waals surface area contributed by atoms with Crippen LogP contribution in [0.2, 0.25) is 0 Å². The van der Waals surface area contributed by atoms with Crippen LogP contribution in [0.3, 0.4) is 0 Å². The highest BCUT2D eigenvalue weighted by molar-refractivity contribution is 5.94. The van der Waals surface area contributed by atoms with Crippen molar-refractivity contribution in [3.05, 3.63) is 35.9 Å². The number of hydrogen-bond donors (Lipinski definition) is 0. The van der Waals surface area contributed by atoms with Crippen molar-refractivity contribution in [1.29, 1.82) is 0 Å². The summed E-state index contributed by atoms with van der Waals surface area (Å²) in [6.45, 7) is 8.91. The van der Waals surface area contributed by atoms with Crippen molar-refractivity contribution in [2.24, 2.45) is 5.92 Å². The van der Waals surface area contributed by atoms with Crippen molar-refractivity contribution in [1.82, 2.24) is 9.80 Å². The number of nitrogens with zero attached hydrogens (tertiary/aromatic N) is 2. The number of amides is 1. The largest absolute Gasteiger partial charge is 0.370 e. The van der Waals surface area contributed by atoms with Gasteiger partial charge in [-0.3, -0.25) is 4.79 Å². The van der Waals surface area contributed by atoms with E-state index in [4.69, 9.17) is 4.74 Å². The van der Waals surface area contributed by atoms with E-state index in [9.17, 15) is 4.79 Å². The number of benzene rings is 1. The molecule has 1 amide bonds. The van der Waals surface area contributed by atoms with Crippen molar-refractivity contribution in [3.63, 3.8) is 0 Å². The molecule has 2 aliphatic rings. The van der Waals surface area contributed by atoms with Crippen molar-refractivity contribution in [2.45, 2.75) is 70.5 Å². The SMILES string of the molecule is CC(C)CCN1CCCC[C@@H](OC2(CN(C)C(=O)c3ccccc3)CC2)CC1. The van der Waals surface area contributed by atoms with Crippen LogP contribution in [-0.4, -0.2) is 60.6 Å². The molecule has 1 atom stereocenters. The minimum Gasteiger partial charge on any atom is -0.370 e. The van der Waals surface area contributed by atoms with E-state index in [0.29, 0.717) is 12.6 Å². The monoisotopic (exact) mass is 386 g/mol. The Kier molecular flexibility index (Phi) is 7.53. The van der Waals surface area contributed by atoms with Crippen LogP contribution in [0.25, 0.3) is 0 Å². The Morgan fingerprint density at radius 1 is 1.18 bits per heavy atom. The molecule has 1 aromatic rings. The lowest BCUT2D eigenvalue weighted by Crippen LogP contribution is -2.40. The van der Waals surface area contributed by atoms with Crippen LogP contribution in [0.15, 0.2) is 30.3 Å². The summed E-state index contributed by atoms with van der Waals surface area (Å²) in [7, 11) is 1.91. The fraction of sp³-hybridized carbons (Fsp3) is 0.708. The van der Waals surface area contributed by atoms with Gasteiger partial charge in [-0.25, -0.2) is 0 Å². The van der Waals surface area contributed by atoms with Crippen LogP contribution in [0.4, 0.5) is 0 Å². The van der Waals surface area contributed by atoms with Gasteiger partial charge < -0.3 is 14.5 Å². The van der Waals surface area contributed by atoms with Crippen LogP contribution >= 0.6 is 0 Å². The van der Waals surface area contributed by atoms with Gasteiger partial charge in [0, 0.05) is 25.7 Å². The molecule has 1 aliphatic heterocycles. The number of hydrogen-bond acceptors (Lipinski definition) is 3. The van der Waals surface area contributed by atoms with Crippen molar-refractivity contribution >= 4 is 5.91 Å². The first-order valence-corrected chi connectivity index (χ1v) is 11.2. The molecule has 0 radical (unpaired) electrons. The van der Waals surface area contributed by atoms with Gasteiger partial charge >= 0.3 is 0 Å². The topological polar surface area (TPSA) is 32.8 Å². The Morgan fingerprint density at radius 3 is 2.61 bits per heavy atom. The maximum atomic E-state index is 12.7. The first-order valence-electron chi connectivity index (χ1n) is 11.2. The summed E-state index contributed by atoms with van der Waals surface area (Å²) in [6, 6.07) is 9.56. The molecule has 1 saturated heterocycles. The molecule has 4 heteroatoms. The smallest absolute Gasteiger partial charge is 0.253 e. The summed E-state index contributed by atoms with van der Waals surface area (Å²) in [5.41, 5.74) is 0.652. The molecule has 1 saturated carbocycles. The van der Waals surface area contributed by atoms with Crippen LogP contribution in [0.1, 0.15) is 69.2 Å². The molecular formula is C24H38N2O2. The van der Waals surface area contributed by atoms with Crippen LogP contribution < -0.4 is 0 Å². The van der Waals surface area contributed by atoms with E-state index in [2.05, 4.69) is 18.7 Å². The van der Waals surface area contributed by atoms with E-state index in [0.717, 1.165) is 43.7 Å². The third-order valence-corrected chi connectivity index (χ3v) is 6.16. The number of ether oxygens (including phenoxy) is 1. The lowest BCUT2D eigenvalue weighted by atomic mass is 10.0. The molecule has 1 aromatic carbocycles.